The Morgan fingerprint density at radius 3 is 2.30 bits per heavy atom. The molecule has 0 spiro atoms. The van der Waals surface area contributed by atoms with Crippen molar-refractivity contribution in [1.82, 2.24) is 0 Å². The summed E-state index contributed by atoms with van der Waals surface area (Å²) in [7, 11) is 0. The molecule has 0 saturated carbocycles. The van der Waals surface area contributed by atoms with Gasteiger partial charge in [-0.25, -0.2) is 0 Å². The van der Waals surface area contributed by atoms with Crippen LogP contribution in [-0.2, 0) is 22.6 Å². The molecule has 3 aromatic carbocycles. The largest absolute Gasteiger partial charge is 0.494 e. The van der Waals surface area contributed by atoms with Crippen LogP contribution >= 0.6 is 0 Å². The fourth-order valence-corrected chi connectivity index (χ4v) is 2.96. The normalized spacial score (nSPS) is 10.3. The Hall–Kier alpha value is -3.60. The molecule has 30 heavy (non-hydrogen) atoms. The van der Waals surface area contributed by atoms with E-state index in [1.165, 1.54) is 0 Å². The molecule has 0 aliphatic rings. The Labute approximate surface area is 176 Å². The molecule has 0 aliphatic heterocycles. The van der Waals surface area contributed by atoms with Gasteiger partial charge < -0.3 is 14.8 Å². The topological polar surface area (TPSA) is 64.6 Å². The van der Waals surface area contributed by atoms with Gasteiger partial charge in [0.05, 0.1) is 6.61 Å². The number of anilines is 1. The summed E-state index contributed by atoms with van der Waals surface area (Å²) in [4.78, 5) is 24.4. The van der Waals surface area contributed by atoms with Gasteiger partial charge in [0.25, 0.3) is 5.91 Å². The minimum absolute atomic E-state index is 0.173. The van der Waals surface area contributed by atoms with Crippen LogP contribution in [0.4, 0.5) is 5.69 Å². The summed E-state index contributed by atoms with van der Waals surface area (Å²) in [5.41, 5.74) is 3.10. The molecule has 0 aromatic heterocycles. The zero-order chi connectivity index (χ0) is 21.2. The third kappa shape index (κ3) is 6.21. The van der Waals surface area contributed by atoms with Gasteiger partial charge in [-0.1, -0.05) is 48.5 Å². The summed E-state index contributed by atoms with van der Waals surface area (Å²) in [5.74, 6) is 0.349. The molecule has 1 N–H and O–H groups in total. The molecular formula is C25H25NO4. The number of rotatable bonds is 9. The molecule has 0 aliphatic carbocycles. The lowest BCUT2D eigenvalue weighted by Crippen LogP contribution is -2.12. The molecule has 0 saturated heterocycles. The molecule has 3 rings (SSSR count). The van der Waals surface area contributed by atoms with Crippen LogP contribution in [0.15, 0.2) is 78.9 Å². The highest BCUT2D eigenvalue weighted by molar-refractivity contribution is 6.04. The van der Waals surface area contributed by atoms with Gasteiger partial charge in [-0.2, -0.15) is 0 Å². The van der Waals surface area contributed by atoms with E-state index in [1.807, 2.05) is 61.5 Å². The van der Waals surface area contributed by atoms with Gasteiger partial charge in [-0.15, -0.1) is 0 Å². The van der Waals surface area contributed by atoms with Crippen molar-refractivity contribution >= 4 is 17.6 Å². The average molecular weight is 403 g/mol. The second kappa shape index (κ2) is 10.8. The quantitative estimate of drug-likeness (QED) is 0.510. The van der Waals surface area contributed by atoms with E-state index in [0.29, 0.717) is 18.6 Å². The Bertz CT molecular complexity index is 968. The summed E-state index contributed by atoms with van der Waals surface area (Å²) in [6.45, 7) is 2.69. The molecule has 5 nitrogen and oxygen atoms in total. The van der Waals surface area contributed by atoms with Crippen molar-refractivity contribution < 1.29 is 19.1 Å². The Kier molecular flexibility index (Phi) is 7.61. The smallest absolute Gasteiger partial charge is 0.306 e. The van der Waals surface area contributed by atoms with Crippen LogP contribution in [-0.4, -0.2) is 18.5 Å². The Morgan fingerprint density at radius 1 is 0.867 bits per heavy atom. The fourth-order valence-electron chi connectivity index (χ4n) is 2.96. The second-order valence-electron chi connectivity index (χ2n) is 6.72. The predicted molar refractivity (Wildman–Crippen MR) is 117 cm³/mol. The first-order chi connectivity index (χ1) is 14.7. The molecule has 1 amide bonds. The molecule has 0 heterocycles. The van der Waals surface area contributed by atoms with E-state index in [0.717, 1.165) is 22.6 Å². The number of carbonyl (C=O) groups excluding carboxylic acids is 2. The molecular weight excluding hydrogens is 378 g/mol. The maximum Gasteiger partial charge on any atom is 0.306 e. The SMILES string of the molecule is CCOc1ccccc1CCC(=O)OCc1ccc(C(=O)Nc2ccccc2)cc1. The van der Waals surface area contributed by atoms with E-state index in [9.17, 15) is 9.59 Å². The van der Waals surface area contributed by atoms with Crippen LogP contribution < -0.4 is 10.1 Å². The van der Waals surface area contributed by atoms with Crippen LogP contribution in [0.5, 0.6) is 5.75 Å². The standard InChI is InChI=1S/C25H25NO4/c1-2-29-23-11-7-6-8-20(23)16-17-24(27)30-18-19-12-14-21(15-13-19)25(28)26-22-9-4-3-5-10-22/h3-15H,2,16-18H2,1H3,(H,26,28). The summed E-state index contributed by atoms with van der Waals surface area (Å²) < 4.78 is 10.9. The van der Waals surface area contributed by atoms with Gasteiger partial charge in [0.1, 0.15) is 12.4 Å². The van der Waals surface area contributed by atoms with Gasteiger partial charge in [0.2, 0.25) is 0 Å². The number of aryl methyl sites for hydroxylation is 1. The predicted octanol–water partition coefficient (Wildman–Crippen LogP) is 5.01. The first kappa shape index (κ1) is 21.1. The van der Waals surface area contributed by atoms with E-state index in [-0.39, 0.29) is 24.9 Å². The number of carbonyl (C=O) groups is 2. The lowest BCUT2D eigenvalue weighted by Gasteiger charge is -2.10. The number of hydrogen-bond donors (Lipinski definition) is 1. The van der Waals surface area contributed by atoms with Crippen molar-refractivity contribution in [3.8, 4) is 5.75 Å². The van der Waals surface area contributed by atoms with E-state index in [4.69, 9.17) is 9.47 Å². The van der Waals surface area contributed by atoms with Crippen LogP contribution in [0.2, 0.25) is 0 Å². The monoisotopic (exact) mass is 403 g/mol. The number of ether oxygens (including phenoxy) is 2. The third-order valence-corrected chi connectivity index (χ3v) is 4.52. The first-order valence-electron chi connectivity index (χ1n) is 9.97. The maximum absolute atomic E-state index is 12.3. The lowest BCUT2D eigenvalue weighted by molar-refractivity contribution is -0.144. The Morgan fingerprint density at radius 2 is 1.57 bits per heavy atom. The van der Waals surface area contributed by atoms with E-state index >= 15 is 0 Å². The van der Waals surface area contributed by atoms with Crippen molar-refractivity contribution in [3.63, 3.8) is 0 Å². The maximum atomic E-state index is 12.3. The van der Waals surface area contributed by atoms with Gasteiger partial charge >= 0.3 is 5.97 Å². The third-order valence-electron chi connectivity index (χ3n) is 4.52. The van der Waals surface area contributed by atoms with Crippen molar-refractivity contribution in [3.05, 3.63) is 95.6 Å². The van der Waals surface area contributed by atoms with Crippen LogP contribution in [0.25, 0.3) is 0 Å². The summed E-state index contributed by atoms with van der Waals surface area (Å²) >= 11 is 0. The highest BCUT2D eigenvalue weighted by Crippen LogP contribution is 2.20. The Balaban J connectivity index is 1.46. The minimum Gasteiger partial charge on any atom is -0.494 e. The zero-order valence-electron chi connectivity index (χ0n) is 17.0. The zero-order valence-corrected chi connectivity index (χ0v) is 17.0. The first-order valence-corrected chi connectivity index (χ1v) is 9.97. The molecule has 154 valence electrons. The molecule has 0 unspecified atom stereocenters. The number of para-hydroxylation sites is 2. The van der Waals surface area contributed by atoms with Crippen LogP contribution in [0.3, 0.4) is 0 Å². The minimum atomic E-state index is -0.271. The number of amides is 1. The van der Waals surface area contributed by atoms with Crippen molar-refractivity contribution in [2.75, 3.05) is 11.9 Å². The number of benzene rings is 3. The number of hydrogen-bond acceptors (Lipinski definition) is 4. The fraction of sp³-hybridized carbons (Fsp3) is 0.200. The van der Waals surface area contributed by atoms with Gasteiger partial charge in [-0.05, 0) is 54.8 Å². The second-order valence-corrected chi connectivity index (χ2v) is 6.72. The summed E-state index contributed by atoms with van der Waals surface area (Å²) in [6, 6.07) is 24.0. The van der Waals surface area contributed by atoms with Gasteiger partial charge in [0, 0.05) is 17.7 Å². The molecule has 5 heteroatoms. The molecule has 0 radical (unpaired) electrons. The molecule has 0 atom stereocenters. The van der Waals surface area contributed by atoms with E-state index in [2.05, 4.69) is 5.32 Å². The summed E-state index contributed by atoms with van der Waals surface area (Å²) in [5, 5.41) is 2.84. The summed E-state index contributed by atoms with van der Waals surface area (Å²) in [6.07, 6.45) is 0.843. The van der Waals surface area contributed by atoms with Crippen molar-refractivity contribution in [1.29, 1.82) is 0 Å². The lowest BCUT2D eigenvalue weighted by atomic mass is 10.1. The van der Waals surface area contributed by atoms with Gasteiger partial charge in [-0.3, -0.25) is 9.59 Å². The molecule has 3 aromatic rings. The average Bonchev–Trinajstić information content (AvgIpc) is 2.78. The van der Waals surface area contributed by atoms with Crippen LogP contribution in [0.1, 0.15) is 34.8 Å². The number of nitrogens with one attached hydrogen (secondary N) is 1. The number of esters is 1. The van der Waals surface area contributed by atoms with Crippen LogP contribution in [0, 0.1) is 0 Å². The van der Waals surface area contributed by atoms with Gasteiger partial charge in [0.15, 0.2) is 0 Å². The molecule has 0 bridgehead atoms. The molecule has 0 fully saturated rings. The van der Waals surface area contributed by atoms with E-state index in [1.54, 1.807) is 24.3 Å². The van der Waals surface area contributed by atoms with E-state index < -0.39 is 0 Å². The highest BCUT2D eigenvalue weighted by Gasteiger charge is 2.09. The van der Waals surface area contributed by atoms with Crippen molar-refractivity contribution in [2.24, 2.45) is 0 Å². The highest BCUT2D eigenvalue weighted by atomic mass is 16.5. The van der Waals surface area contributed by atoms with Crippen molar-refractivity contribution in [2.45, 2.75) is 26.4 Å².